The second-order valence-electron chi connectivity index (χ2n) is 5.01. The van der Waals surface area contributed by atoms with Gasteiger partial charge in [-0.05, 0) is 31.9 Å². The van der Waals surface area contributed by atoms with Gasteiger partial charge < -0.3 is 19.3 Å². The Morgan fingerprint density at radius 3 is 3.05 bits per heavy atom. The predicted molar refractivity (Wildman–Crippen MR) is 83.9 cm³/mol. The average Bonchev–Trinajstić information content (AvgIpc) is 3.06. The zero-order chi connectivity index (χ0) is 15.4. The number of hydrogen-bond acceptors (Lipinski definition) is 6. The first-order chi connectivity index (χ1) is 10.0. The average molecular weight is 332 g/mol. The van der Waals surface area contributed by atoms with Gasteiger partial charge >= 0.3 is 13.0 Å². The molecule has 1 aliphatic rings. The summed E-state index contributed by atoms with van der Waals surface area (Å²) in [4.78, 5) is 14.8. The first-order valence-electron chi connectivity index (χ1n) is 6.85. The molecule has 8 heteroatoms. The van der Waals surface area contributed by atoms with E-state index in [2.05, 4.69) is 4.74 Å². The third-order valence-electron chi connectivity index (χ3n) is 3.57. The Labute approximate surface area is 133 Å². The molecule has 0 bridgehead atoms. The number of ether oxygens (including phenoxy) is 2. The quantitative estimate of drug-likeness (QED) is 0.490. The molecule has 0 spiro atoms. The van der Waals surface area contributed by atoms with Crippen molar-refractivity contribution in [2.45, 2.75) is 31.3 Å². The van der Waals surface area contributed by atoms with Crippen molar-refractivity contribution in [3.05, 3.63) is 21.9 Å². The minimum Gasteiger partial charge on any atom is -0.465 e. The molecular formula is C13H19BClNO4S. The van der Waals surface area contributed by atoms with Crippen molar-refractivity contribution in [2.75, 3.05) is 20.3 Å². The van der Waals surface area contributed by atoms with Crippen LogP contribution in [0.3, 0.4) is 0 Å². The molecule has 1 N–H and O–H groups in total. The number of methoxy groups -OCH3 is 1. The lowest BCUT2D eigenvalue weighted by Gasteiger charge is -2.26. The molecule has 116 valence electrons. The maximum absolute atomic E-state index is 11.4. The SMILES string of the molecule is COC(=O)c1ccc(COC[C@H]2[C@H](Cl)CCN2B(C)O)s1. The van der Waals surface area contributed by atoms with Gasteiger partial charge in [0, 0.05) is 10.9 Å². The fourth-order valence-electron chi connectivity index (χ4n) is 2.45. The predicted octanol–water partition coefficient (Wildman–Crippen LogP) is 1.84. The normalized spacial score (nSPS) is 22.5. The summed E-state index contributed by atoms with van der Waals surface area (Å²) in [6, 6.07) is 3.61. The highest BCUT2D eigenvalue weighted by molar-refractivity contribution is 7.13. The number of carbonyl (C=O) groups is 1. The van der Waals surface area contributed by atoms with Crippen LogP contribution in [-0.2, 0) is 16.1 Å². The number of carbonyl (C=O) groups excluding carboxylic acids is 1. The maximum Gasteiger partial charge on any atom is 0.376 e. The summed E-state index contributed by atoms with van der Waals surface area (Å²) in [5.74, 6) is -0.330. The van der Waals surface area contributed by atoms with Crippen molar-refractivity contribution >= 4 is 36.0 Å². The molecule has 2 atom stereocenters. The van der Waals surface area contributed by atoms with E-state index in [1.165, 1.54) is 18.4 Å². The van der Waals surface area contributed by atoms with Crippen LogP contribution < -0.4 is 0 Å². The molecule has 0 amide bonds. The first kappa shape index (κ1) is 16.8. The Hall–Kier alpha value is -0.595. The minimum absolute atomic E-state index is 0.00596. The molecule has 21 heavy (non-hydrogen) atoms. The van der Waals surface area contributed by atoms with Crippen LogP contribution in [0, 0.1) is 0 Å². The van der Waals surface area contributed by atoms with Crippen LogP contribution in [0.4, 0.5) is 0 Å². The van der Waals surface area contributed by atoms with Gasteiger partial charge in [-0.3, -0.25) is 0 Å². The van der Waals surface area contributed by atoms with Gasteiger partial charge in [0.2, 0.25) is 0 Å². The summed E-state index contributed by atoms with van der Waals surface area (Å²) >= 11 is 7.63. The Balaban J connectivity index is 1.83. The Morgan fingerprint density at radius 1 is 1.62 bits per heavy atom. The molecule has 0 aromatic carbocycles. The van der Waals surface area contributed by atoms with Gasteiger partial charge in [0.25, 0.3) is 0 Å². The Morgan fingerprint density at radius 2 is 2.38 bits per heavy atom. The largest absolute Gasteiger partial charge is 0.465 e. The molecule has 2 heterocycles. The first-order valence-corrected chi connectivity index (χ1v) is 8.11. The fraction of sp³-hybridized carbons (Fsp3) is 0.615. The number of nitrogens with zero attached hydrogens (tertiary/aromatic N) is 1. The van der Waals surface area contributed by atoms with Crippen molar-refractivity contribution in [2.24, 2.45) is 0 Å². The summed E-state index contributed by atoms with van der Waals surface area (Å²) in [5, 5.41) is 9.70. The van der Waals surface area contributed by atoms with Crippen molar-refractivity contribution in [3.8, 4) is 0 Å². The van der Waals surface area contributed by atoms with E-state index >= 15 is 0 Å². The third-order valence-corrected chi connectivity index (χ3v) is 5.12. The molecule has 0 saturated carbocycles. The molecule has 1 saturated heterocycles. The van der Waals surface area contributed by atoms with E-state index in [0.29, 0.717) is 18.1 Å². The van der Waals surface area contributed by atoms with Crippen molar-refractivity contribution < 1.29 is 19.3 Å². The van der Waals surface area contributed by atoms with Crippen LogP contribution in [-0.4, -0.2) is 54.5 Å². The Bertz CT molecular complexity index is 484. The van der Waals surface area contributed by atoms with Crippen LogP contribution >= 0.6 is 22.9 Å². The van der Waals surface area contributed by atoms with Crippen LogP contribution in [0.15, 0.2) is 12.1 Å². The second-order valence-corrected chi connectivity index (χ2v) is 6.74. The molecule has 1 aliphatic heterocycles. The number of alkyl halides is 1. The topological polar surface area (TPSA) is 59.0 Å². The van der Waals surface area contributed by atoms with E-state index < -0.39 is 7.05 Å². The number of thiophene rings is 1. The molecular weight excluding hydrogens is 312 g/mol. The van der Waals surface area contributed by atoms with Gasteiger partial charge in [-0.15, -0.1) is 22.9 Å². The van der Waals surface area contributed by atoms with Gasteiger partial charge in [0.1, 0.15) is 4.88 Å². The molecule has 1 aromatic heterocycles. The van der Waals surface area contributed by atoms with Gasteiger partial charge in [-0.25, -0.2) is 4.79 Å². The van der Waals surface area contributed by atoms with Gasteiger partial charge in [-0.1, -0.05) is 0 Å². The summed E-state index contributed by atoms with van der Waals surface area (Å²) in [6.45, 7) is 3.41. The number of esters is 1. The molecule has 1 aromatic rings. The van der Waals surface area contributed by atoms with Crippen LogP contribution in [0.1, 0.15) is 21.0 Å². The van der Waals surface area contributed by atoms with E-state index in [9.17, 15) is 9.82 Å². The highest BCUT2D eigenvalue weighted by Crippen LogP contribution is 2.25. The van der Waals surface area contributed by atoms with Gasteiger partial charge in [0.15, 0.2) is 0 Å². The molecule has 0 unspecified atom stereocenters. The van der Waals surface area contributed by atoms with E-state index in [-0.39, 0.29) is 17.4 Å². The number of halogens is 1. The lowest BCUT2D eigenvalue weighted by Crippen LogP contribution is -2.45. The second kappa shape index (κ2) is 7.60. The molecule has 5 nitrogen and oxygen atoms in total. The number of hydrogen-bond donors (Lipinski definition) is 1. The zero-order valence-electron chi connectivity index (χ0n) is 12.1. The van der Waals surface area contributed by atoms with Crippen molar-refractivity contribution in [1.29, 1.82) is 0 Å². The molecule has 2 rings (SSSR count). The lowest BCUT2D eigenvalue weighted by atomic mass is 9.84. The standard InChI is InChI=1S/C13H19BClNO4S/c1-14(18)16-6-5-10(15)11(16)8-20-7-9-3-4-12(21-9)13(17)19-2/h3-4,10-11,18H,5-8H2,1-2H3/t10-,11+/m1/s1. The Kier molecular flexibility index (Phi) is 6.07. The molecule has 1 fully saturated rings. The molecule has 0 aliphatic carbocycles. The van der Waals surface area contributed by atoms with Crippen molar-refractivity contribution in [3.63, 3.8) is 0 Å². The van der Waals surface area contributed by atoms with Gasteiger partial charge in [-0.2, -0.15) is 0 Å². The maximum atomic E-state index is 11.4. The van der Waals surface area contributed by atoms with Crippen LogP contribution in [0.2, 0.25) is 6.82 Å². The van der Waals surface area contributed by atoms with Crippen LogP contribution in [0.5, 0.6) is 0 Å². The van der Waals surface area contributed by atoms with E-state index in [0.717, 1.165) is 17.8 Å². The number of rotatable bonds is 6. The summed E-state index contributed by atoms with van der Waals surface area (Å²) in [7, 11) is 0.846. The molecule has 0 radical (unpaired) electrons. The van der Waals surface area contributed by atoms with Crippen molar-refractivity contribution in [1.82, 2.24) is 4.81 Å². The zero-order valence-corrected chi connectivity index (χ0v) is 13.7. The van der Waals surface area contributed by atoms with Gasteiger partial charge in [0.05, 0.1) is 25.7 Å². The smallest absolute Gasteiger partial charge is 0.376 e. The van der Waals surface area contributed by atoms with E-state index in [1.54, 1.807) is 12.9 Å². The summed E-state index contributed by atoms with van der Waals surface area (Å²) in [6.07, 6.45) is 0.853. The monoisotopic (exact) mass is 331 g/mol. The van der Waals surface area contributed by atoms with Crippen LogP contribution in [0.25, 0.3) is 0 Å². The summed E-state index contributed by atoms with van der Waals surface area (Å²) < 4.78 is 10.4. The summed E-state index contributed by atoms with van der Waals surface area (Å²) in [5.41, 5.74) is 0. The highest BCUT2D eigenvalue weighted by atomic mass is 35.5. The lowest BCUT2D eigenvalue weighted by molar-refractivity contribution is 0.0606. The van der Waals surface area contributed by atoms with E-state index in [1.807, 2.05) is 10.9 Å². The highest BCUT2D eigenvalue weighted by Gasteiger charge is 2.36. The van der Waals surface area contributed by atoms with E-state index in [4.69, 9.17) is 16.3 Å². The minimum atomic E-state index is -0.519. The third kappa shape index (κ3) is 4.20. The fourth-order valence-corrected chi connectivity index (χ4v) is 3.63.